The van der Waals surface area contributed by atoms with Crippen LogP contribution in [0, 0.1) is 12.7 Å². The van der Waals surface area contributed by atoms with Gasteiger partial charge in [-0.25, -0.2) is 19.2 Å². The molecule has 32 heavy (non-hydrogen) atoms. The minimum atomic E-state index is -1.24. The molecule has 0 saturated carbocycles. The number of nitrogens with zero attached hydrogens (tertiary/aromatic N) is 3. The van der Waals surface area contributed by atoms with Crippen molar-refractivity contribution in [1.82, 2.24) is 19.7 Å². The van der Waals surface area contributed by atoms with Gasteiger partial charge in [0.15, 0.2) is 0 Å². The Morgan fingerprint density at radius 2 is 1.94 bits per heavy atom. The first-order valence-corrected chi connectivity index (χ1v) is 9.43. The molecule has 0 spiro atoms. The zero-order valence-corrected chi connectivity index (χ0v) is 16.7. The fraction of sp³-hybridized carbons (Fsp3) is 0.143. The molecule has 0 fully saturated rings. The number of hydrogen-bond acceptors (Lipinski definition) is 7. The van der Waals surface area contributed by atoms with E-state index in [9.17, 15) is 28.7 Å². The molecule has 2 aromatic carbocycles. The van der Waals surface area contributed by atoms with E-state index in [1.54, 1.807) is 0 Å². The molecular weight excluding hydrogens is 421 g/mol. The summed E-state index contributed by atoms with van der Waals surface area (Å²) < 4.78 is 15.4. The number of carboxylic acids is 1. The minimum absolute atomic E-state index is 0.0145. The summed E-state index contributed by atoms with van der Waals surface area (Å²) in [5.74, 6) is -2.31. The second-order valence-corrected chi connectivity index (χ2v) is 7.05. The average Bonchev–Trinajstić information content (AvgIpc) is 3.26. The maximum absolute atomic E-state index is 14.1. The first kappa shape index (κ1) is 20.8. The number of fused-ring (bicyclic) bond motifs is 1. The van der Waals surface area contributed by atoms with Gasteiger partial charge in [0.25, 0.3) is 5.91 Å². The molecule has 0 atom stereocenters. The molecular formula is C21H16FN5O5. The fourth-order valence-electron chi connectivity index (χ4n) is 3.23. The summed E-state index contributed by atoms with van der Waals surface area (Å²) in [6, 6.07) is 5.36. The van der Waals surface area contributed by atoms with Gasteiger partial charge in [-0.1, -0.05) is 6.07 Å². The highest BCUT2D eigenvalue weighted by atomic mass is 19.1. The summed E-state index contributed by atoms with van der Waals surface area (Å²) in [6.45, 7) is 1.52. The number of aromatic nitrogens is 3. The van der Waals surface area contributed by atoms with E-state index >= 15 is 0 Å². The molecule has 3 N–H and O–H groups in total. The van der Waals surface area contributed by atoms with Gasteiger partial charge in [0.1, 0.15) is 17.2 Å². The second-order valence-electron chi connectivity index (χ2n) is 7.05. The standard InChI is InChI=1S/C21H16FN5O5/c1-10-16(18(29)17(10)28)24-9-12-6-11(2-3-13(12)22)8-25-19(30)14-7-15(20(31)32)27-5-4-23-21(27)26-14/h2-7,24H,8-9H2,1H3,(H,25,30)(H,31,32). The highest BCUT2D eigenvalue weighted by molar-refractivity contribution is 5.95. The summed E-state index contributed by atoms with van der Waals surface area (Å²) in [7, 11) is 0. The third kappa shape index (κ3) is 3.71. The minimum Gasteiger partial charge on any atom is -0.477 e. The normalized spacial score (nSPS) is 11.1. The van der Waals surface area contributed by atoms with Gasteiger partial charge in [-0.15, -0.1) is 0 Å². The Balaban J connectivity index is 1.47. The zero-order chi connectivity index (χ0) is 23.0. The van der Waals surface area contributed by atoms with Crippen molar-refractivity contribution in [3.8, 4) is 0 Å². The van der Waals surface area contributed by atoms with Crippen molar-refractivity contribution in [2.24, 2.45) is 0 Å². The highest BCUT2D eigenvalue weighted by Crippen LogP contribution is 2.14. The van der Waals surface area contributed by atoms with Crippen molar-refractivity contribution in [3.05, 3.63) is 91.0 Å². The number of carbonyl (C=O) groups is 2. The molecule has 0 aliphatic rings. The highest BCUT2D eigenvalue weighted by Gasteiger charge is 2.18. The Bertz CT molecular complexity index is 1450. The molecule has 0 saturated heterocycles. The summed E-state index contributed by atoms with van der Waals surface area (Å²) in [5.41, 5.74) is -0.189. The van der Waals surface area contributed by atoms with Gasteiger partial charge in [0.05, 0.1) is 5.69 Å². The lowest BCUT2D eigenvalue weighted by Crippen LogP contribution is -2.36. The summed E-state index contributed by atoms with van der Waals surface area (Å²) >= 11 is 0. The van der Waals surface area contributed by atoms with E-state index in [-0.39, 0.29) is 41.5 Å². The van der Waals surface area contributed by atoms with E-state index in [0.29, 0.717) is 11.1 Å². The van der Waals surface area contributed by atoms with E-state index in [2.05, 4.69) is 20.6 Å². The lowest BCUT2D eigenvalue weighted by atomic mass is 10.1. The van der Waals surface area contributed by atoms with Crippen LogP contribution < -0.4 is 21.5 Å². The van der Waals surface area contributed by atoms with Gasteiger partial charge in [0, 0.05) is 42.7 Å². The quantitative estimate of drug-likeness (QED) is 0.364. The maximum atomic E-state index is 14.1. The molecule has 2 heterocycles. The predicted octanol–water partition coefficient (Wildman–Crippen LogP) is 1.01. The van der Waals surface area contributed by atoms with E-state index in [4.69, 9.17) is 0 Å². The van der Waals surface area contributed by atoms with Crippen molar-refractivity contribution in [2.75, 3.05) is 5.32 Å². The van der Waals surface area contributed by atoms with Crippen LogP contribution in [0.5, 0.6) is 0 Å². The first-order valence-electron chi connectivity index (χ1n) is 9.43. The van der Waals surface area contributed by atoms with Crippen LogP contribution in [0.3, 0.4) is 0 Å². The molecule has 4 aromatic rings. The van der Waals surface area contributed by atoms with Gasteiger partial charge in [0.2, 0.25) is 16.6 Å². The Morgan fingerprint density at radius 3 is 2.66 bits per heavy atom. The van der Waals surface area contributed by atoms with Gasteiger partial charge in [-0.3, -0.25) is 18.8 Å². The Morgan fingerprint density at radius 1 is 1.16 bits per heavy atom. The van der Waals surface area contributed by atoms with Crippen LogP contribution in [0.4, 0.5) is 10.1 Å². The smallest absolute Gasteiger partial charge is 0.353 e. The van der Waals surface area contributed by atoms with E-state index in [1.165, 1.54) is 41.9 Å². The van der Waals surface area contributed by atoms with Gasteiger partial charge in [-0.2, -0.15) is 0 Å². The van der Waals surface area contributed by atoms with Crippen LogP contribution in [0.25, 0.3) is 5.78 Å². The summed E-state index contributed by atoms with van der Waals surface area (Å²) in [4.78, 5) is 54.7. The number of benzene rings is 1. The lowest BCUT2D eigenvalue weighted by molar-refractivity contribution is 0.0688. The van der Waals surface area contributed by atoms with Gasteiger partial charge in [-0.05, 0) is 24.6 Å². The topological polar surface area (TPSA) is 143 Å². The van der Waals surface area contributed by atoms with E-state index in [1.807, 2.05) is 0 Å². The van der Waals surface area contributed by atoms with Crippen molar-refractivity contribution in [2.45, 2.75) is 20.0 Å². The van der Waals surface area contributed by atoms with Crippen molar-refractivity contribution >= 4 is 23.3 Å². The van der Waals surface area contributed by atoms with Crippen LogP contribution in [0.2, 0.25) is 0 Å². The number of anilines is 1. The maximum Gasteiger partial charge on any atom is 0.353 e. The third-order valence-corrected chi connectivity index (χ3v) is 4.99. The molecule has 0 bridgehead atoms. The zero-order valence-electron chi connectivity index (χ0n) is 16.7. The number of nitrogens with one attached hydrogen (secondary N) is 2. The SMILES string of the molecule is Cc1c(NCc2cc(CNC(=O)c3cc(C(=O)O)n4ccnc4n3)ccc2F)c(=O)c1=O. The van der Waals surface area contributed by atoms with Gasteiger partial charge >= 0.3 is 5.97 Å². The van der Waals surface area contributed by atoms with Crippen molar-refractivity contribution < 1.29 is 19.1 Å². The number of carbonyl (C=O) groups excluding carboxylic acids is 1. The molecule has 10 nitrogen and oxygen atoms in total. The fourth-order valence-corrected chi connectivity index (χ4v) is 3.23. The molecule has 162 valence electrons. The number of aromatic carboxylic acids is 1. The van der Waals surface area contributed by atoms with Crippen LogP contribution in [0.15, 0.2) is 46.2 Å². The molecule has 4 rings (SSSR count). The van der Waals surface area contributed by atoms with Crippen LogP contribution >= 0.6 is 0 Å². The first-order chi connectivity index (χ1) is 15.3. The Kier molecular flexibility index (Phi) is 5.23. The monoisotopic (exact) mass is 437 g/mol. The van der Waals surface area contributed by atoms with E-state index < -0.39 is 28.6 Å². The lowest BCUT2D eigenvalue weighted by Gasteiger charge is -2.12. The largest absolute Gasteiger partial charge is 0.477 e. The third-order valence-electron chi connectivity index (χ3n) is 4.99. The predicted molar refractivity (Wildman–Crippen MR) is 111 cm³/mol. The molecule has 0 radical (unpaired) electrons. The van der Waals surface area contributed by atoms with Gasteiger partial charge < -0.3 is 15.7 Å². The van der Waals surface area contributed by atoms with Crippen LogP contribution in [-0.2, 0) is 13.1 Å². The number of hydrogen-bond donors (Lipinski definition) is 3. The van der Waals surface area contributed by atoms with Crippen LogP contribution in [0.1, 0.15) is 37.7 Å². The number of rotatable bonds is 7. The number of carboxylic acid groups (broad SMARTS) is 1. The summed E-state index contributed by atoms with van der Waals surface area (Å²) in [5, 5.41) is 14.7. The molecule has 0 unspecified atom stereocenters. The second kappa shape index (κ2) is 8.02. The molecule has 11 heteroatoms. The Hall–Kier alpha value is -4.41. The van der Waals surface area contributed by atoms with Crippen molar-refractivity contribution in [1.29, 1.82) is 0 Å². The number of halogens is 1. The van der Waals surface area contributed by atoms with Crippen molar-refractivity contribution in [3.63, 3.8) is 0 Å². The molecule has 0 aliphatic carbocycles. The molecule has 1 amide bonds. The Labute approximate surface area is 179 Å². The average molecular weight is 437 g/mol. The van der Waals surface area contributed by atoms with Crippen LogP contribution in [-0.4, -0.2) is 31.4 Å². The number of amides is 1. The molecule has 2 aromatic heterocycles. The number of imidazole rings is 1. The van der Waals surface area contributed by atoms with E-state index in [0.717, 1.165) is 6.07 Å². The molecule has 0 aliphatic heterocycles. The summed E-state index contributed by atoms with van der Waals surface area (Å²) in [6.07, 6.45) is 2.79.